The first-order chi connectivity index (χ1) is 6.14. The van der Waals surface area contributed by atoms with Crippen LogP contribution in [0.2, 0.25) is 0 Å². The summed E-state index contributed by atoms with van der Waals surface area (Å²) in [7, 11) is 0. The van der Waals surface area contributed by atoms with E-state index < -0.39 is 5.60 Å². The largest absolute Gasteiger partial charge is 0.388 e. The number of hydrogen-bond donors (Lipinski definition) is 2. The molecular formula is C10H20N2O. The van der Waals surface area contributed by atoms with Crippen molar-refractivity contribution >= 4 is 5.84 Å². The number of nitrogens with one attached hydrogen (secondary N) is 1. The second-order valence-electron chi connectivity index (χ2n) is 3.99. The van der Waals surface area contributed by atoms with Gasteiger partial charge in [-0.1, -0.05) is 6.92 Å². The highest BCUT2D eigenvalue weighted by Gasteiger charge is 2.17. The van der Waals surface area contributed by atoms with Crippen molar-refractivity contribution in [3.05, 3.63) is 0 Å². The molecule has 2 N–H and O–H groups in total. The molecule has 0 amide bonds. The maximum Gasteiger partial charge on any atom is 0.0964 e. The lowest BCUT2D eigenvalue weighted by Crippen LogP contribution is -2.40. The van der Waals surface area contributed by atoms with Gasteiger partial charge in [-0.25, -0.2) is 0 Å². The summed E-state index contributed by atoms with van der Waals surface area (Å²) in [5.74, 6) is 1.07. The SMILES string of the molecule is CCC(C)(O)CNC1=NCCCC1. The maximum absolute atomic E-state index is 9.74. The number of aliphatic hydroxyl groups is 1. The quantitative estimate of drug-likeness (QED) is 0.695. The minimum atomic E-state index is -0.597. The topological polar surface area (TPSA) is 44.6 Å². The van der Waals surface area contributed by atoms with Gasteiger partial charge >= 0.3 is 0 Å². The van der Waals surface area contributed by atoms with Gasteiger partial charge in [0.15, 0.2) is 0 Å². The minimum Gasteiger partial charge on any atom is -0.388 e. The first-order valence-corrected chi connectivity index (χ1v) is 5.13. The van der Waals surface area contributed by atoms with Gasteiger partial charge in [-0.15, -0.1) is 0 Å². The average molecular weight is 184 g/mol. The van der Waals surface area contributed by atoms with Crippen LogP contribution in [0.1, 0.15) is 39.5 Å². The van der Waals surface area contributed by atoms with Crippen molar-refractivity contribution in [2.24, 2.45) is 4.99 Å². The van der Waals surface area contributed by atoms with Crippen LogP contribution in [0.3, 0.4) is 0 Å². The predicted octanol–water partition coefficient (Wildman–Crippen LogP) is 1.32. The standard InChI is InChI=1S/C10H20N2O/c1-3-10(2,13)8-12-9-6-4-5-7-11-9/h13H,3-8H2,1-2H3,(H,11,12). The molecule has 3 nitrogen and oxygen atoms in total. The molecule has 13 heavy (non-hydrogen) atoms. The summed E-state index contributed by atoms with van der Waals surface area (Å²) in [6, 6.07) is 0. The minimum absolute atomic E-state index is 0.597. The Morgan fingerprint density at radius 1 is 1.54 bits per heavy atom. The summed E-state index contributed by atoms with van der Waals surface area (Å²) < 4.78 is 0. The molecule has 0 bridgehead atoms. The Balaban J connectivity index is 2.29. The van der Waals surface area contributed by atoms with Crippen LogP contribution >= 0.6 is 0 Å². The lowest BCUT2D eigenvalue weighted by atomic mass is 10.0. The number of amidine groups is 1. The summed E-state index contributed by atoms with van der Waals surface area (Å²) in [4.78, 5) is 4.36. The highest BCUT2D eigenvalue weighted by molar-refractivity contribution is 5.82. The Morgan fingerprint density at radius 3 is 2.85 bits per heavy atom. The number of hydrogen-bond acceptors (Lipinski definition) is 3. The molecule has 0 aromatic heterocycles. The van der Waals surface area contributed by atoms with Gasteiger partial charge < -0.3 is 10.4 Å². The molecule has 0 saturated heterocycles. The van der Waals surface area contributed by atoms with E-state index in [-0.39, 0.29) is 0 Å². The Hall–Kier alpha value is -0.570. The van der Waals surface area contributed by atoms with E-state index in [0.29, 0.717) is 6.54 Å². The van der Waals surface area contributed by atoms with E-state index in [1.807, 2.05) is 13.8 Å². The molecule has 1 rings (SSSR count). The summed E-state index contributed by atoms with van der Waals surface area (Å²) in [5, 5.41) is 12.9. The molecule has 0 aromatic rings. The summed E-state index contributed by atoms with van der Waals surface area (Å²) in [6.07, 6.45) is 4.24. The zero-order valence-electron chi connectivity index (χ0n) is 8.64. The van der Waals surface area contributed by atoms with Crippen molar-refractivity contribution in [1.82, 2.24) is 5.32 Å². The van der Waals surface area contributed by atoms with Crippen LogP contribution in [0, 0.1) is 0 Å². The summed E-state index contributed by atoms with van der Waals surface area (Å²) in [5.41, 5.74) is -0.597. The van der Waals surface area contributed by atoms with E-state index in [9.17, 15) is 5.11 Å². The fourth-order valence-electron chi connectivity index (χ4n) is 1.26. The number of nitrogens with zero attached hydrogens (tertiary/aromatic N) is 1. The first kappa shape index (κ1) is 10.5. The van der Waals surface area contributed by atoms with Crippen LogP contribution < -0.4 is 5.32 Å². The van der Waals surface area contributed by atoms with Gasteiger partial charge in [-0.3, -0.25) is 4.99 Å². The lowest BCUT2D eigenvalue weighted by molar-refractivity contribution is 0.0604. The second kappa shape index (κ2) is 4.61. The number of rotatable bonds is 3. The van der Waals surface area contributed by atoms with Crippen LogP contribution in [0.15, 0.2) is 4.99 Å². The van der Waals surface area contributed by atoms with Crippen LogP contribution in [0.4, 0.5) is 0 Å². The monoisotopic (exact) mass is 184 g/mol. The van der Waals surface area contributed by atoms with Crippen LogP contribution in [0.5, 0.6) is 0 Å². The van der Waals surface area contributed by atoms with E-state index in [2.05, 4.69) is 10.3 Å². The zero-order valence-corrected chi connectivity index (χ0v) is 8.64. The second-order valence-corrected chi connectivity index (χ2v) is 3.99. The highest BCUT2D eigenvalue weighted by Crippen LogP contribution is 2.08. The van der Waals surface area contributed by atoms with Crippen molar-refractivity contribution in [1.29, 1.82) is 0 Å². The molecule has 0 saturated carbocycles. The highest BCUT2D eigenvalue weighted by atomic mass is 16.3. The molecule has 1 atom stereocenters. The van der Waals surface area contributed by atoms with Crippen molar-refractivity contribution in [3.63, 3.8) is 0 Å². The van der Waals surface area contributed by atoms with Crippen molar-refractivity contribution in [2.45, 2.75) is 45.1 Å². The normalized spacial score (nSPS) is 21.9. The average Bonchev–Trinajstić information content (AvgIpc) is 2.17. The Bertz CT molecular complexity index is 187. The van der Waals surface area contributed by atoms with E-state index in [1.165, 1.54) is 12.8 Å². The molecule has 1 heterocycles. The molecular weight excluding hydrogens is 164 g/mol. The number of aliphatic imine (C=N–C) groups is 1. The Labute approximate surface area is 80.3 Å². The van der Waals surface area contributed by atoms with Crippen molar-refractivity contribution in [3.8, 4) is 0 Å². The molecule has 3 heteroatoms. The summed E-state index contributed by atoms with van der Waals surface area (Å²) >= 11 is 0. The smallest absolute Gasteiger partial charge is 0.0964 e. The van der Waals surface area contributed by atoms with Crippen molar-refractivity contribution in [2.75, 3.05) is 13.1 Å². The molecule has 0 aliphatic carbocycles. The van der Waals surface area contributed by atoms with Crippen molar-refractivity contribution < 1.29 is 5.11 Å². The third-order valence-corrected chi connectivity index (χ3v) is 2.56. The van der Waals surface area contributed by atoms with E-state index in [0.717, 1.165) is 25.2 Å². The van der Waals surface area contributed by atoms with Gasteiger partial charge in [0.05, 0.1) is 11.4 Å². The van der Waals surface area contributed by atoms with Gasteiger partial charge in [-0.05, 0) is 26.2 Å². The lowest BCUT2D eigenvalue weighted by Gasteiger charge is -2.23. The molecule has 1 unspecified atom stereocenters. The van der Waals surface area contributed by atoms with E-state index in [4.69, 9.17) is 0 Å². The maximum atomic E-state index is 9.74. The zero-order chi connectivity index (χ0) is 9.73. The van der Waals surface area contributed by atoms with Gasteiger partial charge in [0.25, 0.3) is 0 Å². The molecule has 1 aliphatic rings. The van der Waals surface area contributed by atoms with Gasteiger partial charge in [-0.2, -0.15) is 0 Å². The van der Waals surface area contributed by atoms with Crippen LogP contribution in [-0.2, 0) is 0 Å². The molecule has 76 valence electrons. The fraction of sp³-hybridized carbons (Fsp3) is 0.900. The fourth-order valence-corrected chi connectivity index (χ4v) is 1.26. The van der Waals surface area contributed by atoms with E-state index in [1.54, 1.807) is 0 Å². The van der Waals surface area contributed by atoms with Gasteiger partial charge in [0.2, 0.25) is 0 Å². The van der Waals surface area contributed by atoms with Crippen LogP contribution in [-0.4, -0.2) is 29.6 Å². The molecule has 0 fully saturated rings. The predicted molar refractivity (Wildman–Crippen MR) is 55.1 cm³/mol. The van der Waals surface area contributed by atoms with E-state index >= 15 is 0 Å². The molecule has 0 radical (unpaired) electrons. The molecule has 0 spiro atoms. The summed E-state index contributed by atoms with van der Waals surface area (Å²) in [6.45, 7) is 5.40. The molecule has 0 aromatic carbocycles. The van der Waals surface area contributed by atoms with Crippen LogP contribution in [0.25, 0.3) is 0 Å². The first-order valence-electron chi connectivity index (χ1n) is 5.13. The Kier molecular flexibility index (Phi) is 3.72. The Morgan fingerprint density at radius 2 is 2.31 bits per heavy atom. The third-order valence-electron chi connectivity index (χ3n) is 2.56. The third kappa shape index (κ3) is 3.77. The van der Waals surface area contributed by atoms with Gasteiger partial charge in [0, 0.05) is 19.5 Å². The van der Waals surface area contributed by atoms with Gasteiger partial charge in [0.1, 0.15) is 0 Å². The molecule has 1 aliphatic heterocycles.